The lowest BCUT2D eigenvalue weighted by molar-refractivity contribution is -0.110. The maximum Gasteiger partial charge on any atom is 0.285 e. The molecule has 0 radical (unpaired) electrons. The molecule has 0 unspecified atom stereocenters. The van der Waals surface area contributed by atoms with Crippen molar-refractivity contribution in [1.29, 1.82) is 0 Å². The summed E-state index contributed by atoms with van der Waals surface area (Å²) in [7, 11) is 0. The fourth-order valence-electron chi connectivity index (χ4n) is 1.51. The van der Waals surface area contributed by atoms with E-state index in [2.05, 4.69) is 52.7 Å². The lowest BCUT2D eigenvalue weighted by atomic mass is 10.2. The van der Waals surface area contributed by atoms with Gasteiger partial charge in [0, 0.05) is 16.2 Å². The first kappa shape index (κ1) is 17.5. The number of benzene rings is 1. The van der Waals surface area contributed by atoms with Crippen LogP contribution in [0.5, 0.6) is 5.75 Å². The summed E-state index contributed by atoms with van der Waals surface area (Å²) >= 11 is 11.5. The molecule has 23 heavy (non-hydrogen) atoms. The Balaban J connectivity index is 1.97. The third kappa shape index (κ3) is 5.08. The number of nitrogens with zero attached hydrogens (tertiary/aromatic N) is 2. The predicted molar refractivity (Wildman–Crippen MR) is 99.7 cm³/mol. The van der Waals surface area contributed by atoms with Crippen molar-refractivity contribution < 1.29 is 9.90 Å². The van der Waals surface area contributed by atoms with Gasteiger partial charge in [-0.05, 0) is 40.2 Å². The summed E-state index contributed by atoms with van der Waals surface area (Å²) in [4.78, 5) is 15.7. The van der Waals surface area contributed by atoms with Gasteiger partial charge in [0.1, 0.15) is 11.6 Å². The van der Waals surface area contributed by atoms with Gasteiger partial charge in [-0.15, -0.1) is 0 Å². The summed E-state index contributed by atoms with van der Waals surface area (Å²) in [5, 5.41) is 16.3. The van der Waals surface area contributed by atoms with E-state index in [-0.39, 0.29) is 10.7 Å². The Bertz CT molecular complexity index is 769. The minimum atomic E-state index is -0.532. The molecule has 0 atom stereocenters. The lowest BCUT2D eigenvalue weighted by Crippen LogP contribution is -2.31. The molecular weight excluding hydrogens is 448 g/mol. The molecule has 9 heteroatoms. The van der Waals surface area contributed by atoms with E-state index in [1.165, 1.54) is 6.21 Å². The highest BCUT2D eigenvalue weighted by Gasteiger charge is 2.09. The van der Waals surface area contributed by atoms with Gasteiger partial charge >= 0.3 is 0 Å². The Morgan fingerprint density at radius 1 is 1.35 bits per heavy atom. The van der Waals surface area contributed by atoms with Crippen LogP contribution in [0, 0.1) is 0 Å². The van der Waals surface area contributed by atoms with Crippen molar-refractivity contribution >= 4 is 67.0 Å². The number of hydrazone groups is 1. The van der Waals surface area contributed by atoms with Crippen molar-refractivity contribution in [2.24, 2.45) is 5.10 Å². The zero-order valence-electron chi connectivity index (χ0n) is 11.5. The largest absolute Gasteiger partial charge is 0.506 e. The van der Waals surface area contributed by atoms with Crippen LogP contribution in [0.15, 0.2) is 50.6 Å². The van der Waals surface area contributed by atoms with Gasteiger partial charge in [0.05, 0.1) is 10.7 Å². The number of phenols is 1. The fraction of sp³-hybridized carbons (Fsp3) is 0. The smallest absolute Gasteiger partial charge is 0.285 e. The summed E-state index contributed by atoms with van der Waals surface area (Å²) < 4.78 is 1.28. The zero-order chi connectivity index (χ0) is 16.8. The Hall–Kier alpha value is -1.84. The van der Waals surface area contributed by atoms with Crippen LogP contribution in [0.3, 0.4) is 0 Å². The normalized spacial score (nSPS) is 10.5. The van der Waals surface area contributed by atoms with Crippen LogP contribution in [-0.2, 0) is 4.79 Å². The molecule has 0 saturated carbocycles. The molecule has 0 aliphatic carbocycles. The highest BCUT2D eigenvalue weighted by atomic mass is 79.9. The average Bonchev–Trinajstić information content (AvgIpc) is 2.52. The third-order valence-electron chi connectivity index (χ3n) is 2.54. The van der Waals surface area contributed by atoms with Crippen LogP contribution in [-0.4, -0.2) is 27.2 Å². The number of nitrogens with one attached hydrogen (secondary N) is 2. The molecule has 0 bridgehead atoms. The van der Waals surface area contributed by atoms with Crippen molar-refractivity contribution in [3.05, 3.63) is 51.0 Å². The summed E-state index contributed by atoms with van der Waals surface area (Å²) in [5.41, 5.74) is 2.89. The molecule has 1 aromatic carbocycles. The third-order valence-corrected chi connectivity index (χ3v) is 3.88. The minimum absolute atomic E-state index is 0.0302. The second-order valence-electron chi connectivity index (χ2n) is 4.19. The number of carbonyl (C=O) groups excluding carboxylic acids is 1. The number of amides is 1. The van der Waals surface area contributed by atoms with Crippen LogP contribution in [0.4, 0.5) is 5.82 Å². The predicted octanol–water partition coefficient (Wildman–Crippen LogP) is 3.20. The molecule has 3 N–H and O–H groups in total. The number of aromatic nitrogens is 1. The Morgan fingerprint density at radius 2 is 2.13 bits per heavy atom. The van der Waals surface area contributed by atoms with Crippen molar-refractivity contribution in [3.8, 4) is 5.75 Å². The number of anilines is 1. The molecule has 118 valence electrons. The van der Waals surface area contributed by atoms with E-state index in [0.29, 0.717) is 15.9 Å². The van der Waals surface area contributed by atoms with Crippen molar-refractivity contribution in [3.63, 3.8) is 0 Å². The van der Waals surface area contributed by atoms with Crippen LogP contribution < -0.4 is 10.7 Å². The topological polar surface area (TPSA) is 86.6 Å². The molecule has 1 amide bonds. The Kier molecular flexibility index (Phi) is 6.20. The van der Waals surface area contributed by atoms with Gasteiger partial charge in [0.25, 0.3) is 5.91 Å². The Labute approximate surface area is 154 Å². The lowest BCUT2D eigenvalue weighted by Gasteiger charge is -2.05. The molecular formula is C14H10Br2N4O2S. The van der Waals surface area contributed by atoms with E-state index in [4.69, 9.17) is 12.2 Å². The van der Waals surface area contributed by atoms with Crippen LogP contribution in [0.25, 0.3) is 0 Å². The molecule has 1 heterocycles. The molecule has 2 aromatic rings. The highest BCUT2D eigenvalue weighted by molar-refractivity contribution is 9.11. The van der Waals surface area contributed by atoms with E-state index in [9.17, 15) is 9.90 Å². The molecule has 2 rings (SSSR count). The van der Waals surface area contributed by atoms with Gasteiger partial charge in [0.2, 0.25) is 0 Å². The van der Waals surface area contributed by atoms with Crippen LogP contribution in [0.2, 0.25) is 0 Å². The van der Waals surface area contributed by atoms with Crippen molar-refractivity contribution in [1.82, 2.24) is 10.4 Å². The van der Waals surface area contributed by atoms with E-state index >= 15 is 0 Å². The summed E-state index contributed by atoms with van der Waals surface area (Å²) in [6, 6.07) is 8.48. The van der Waals surface area contributed by atoms with Gasteiger partial charge in [-0.1, -0.05) is 34.2 Å². The van der Waals surface area contributed by atoms with Crippen molar-refractivity contribution in [2.45, 2.75) is 0 Å². The van der Waals surface area contributed by atoms with Gasteiger partial charge in [-0.3, -0.25) is 10.2 Å². The Morgan fingerprint density at radius 3 is 2.83 bits per heavy atom. The number of aromatic hydroxyl groups is 1. The second kappa shape index (κ2) is 8.14. The molecule has 0 fully saturated rings. The number of thiocarbonyl (C=S) groups is 1. The first-order valence-corrected chi connectivity index (χ1v) is 8.20. The SMILES string of the molecule is O=C(Nc1ccccn1)C(=S)NN=Cc1cc(Br)cc(Br)c1O. The van der Waals surface area contributed by atoms with Crippen molar-refractivity contribution in [2.75, 3.05) is 5.32 Å². The highest BCUT2D eigenvalue weighted by Crippen LogP contribution is 2.30. The van der Waals surface area contributed by atoms with E-state index in [0.717, 1.165) is 4.47 Å². The number of carbonyl (C=O) groups is 1. The average molecular weight is 458 g/mol. The zero-order valence-corrected chi connectivity index (χ0v) is 15.4. The monoisotopic (exact) mass is 456 g/mol. The minimum Gasteiger partial charge on any atom is -0.506 e. The summed E-state index contributed by atoms with van der Waals surface area (Å²) in [6.45, 7) is 0. The van der Waals surface area contributed by atoms with E-state index in [1.807, 2.05) is 0 Å². The molecule has 0 aliphatic heterocycles. The maximum absolute atomic E-state index is 11.8. The molecule has 6 nitrogen and oxygen atoms in total. The second-order valence-corrected chi connectivity index (χ2v) is 6.37. The van der Waals surface area contributed by atoms with Gasteiger partial charge in [-0.25, -0.2) is 4.98 Å². The number of hydrogen-bond donors (Lipinski definition) is 3. The van der Waals surface area contributed by atoms with E-state index < -0.39 is 5.91 Å². The molecule has 1 aromatic heterocycles. The molecule has 0 spiro atoms. The van der Waals surface area contributed by atoms with Crippen LogP contribution >= 0.6 is 44.1 Å². The maximum atomic E-state index is 11.8. The van der Waals surface area contributed by atoms with Gasteiger partial charge in [0.15, 0.2) is 4.99 Å². The quantitative estimate of drug-likeness (QED) is 0.374. The first-order chi connectivity index (χ1) is 11.0. The summed E-state index contributed by atoms with van der Waals surface area (Å²) in [5.74, 6) is -0.114. The standard InChI is InChI=1S/C14H10Br2N4O2S/c15-9-5-8(12(21)10(16)6-9)7-18-20-14(23)13(22)19-11-3-1-2-4-17-11/h1-7,21H,(H,20,23)(H,17,19,22). The first-order valence-electron chi connectivity index (χ1n) is 6.21. The molecule has 0 aliphatic rings. The number of halogens is 2. The number of pyridine rings is 1. The van der Waals surface area contributed by atoms with Crippen LogP contribution in [0.1, 0.15) is 5.56 Å². The van der Waals surface area contributed by atoms with Gasteiger partial charge in [-0.2, -0.15) is 5.10 Å². The number of hydrogen-bond acceptors (Lipinski definition) is 5. The summed E-state index contributed by atoms with van der Waals surface area (Å²) in [6.07, 6.45) is 2.91. The van der Waals surface area contributed by atoms with Gasteiger partial charge < -0.3 is 10.4 Å². The fourth-order valence-corrected chi connectivity index (χ4v) is 2.87. The number of phenolic OH excluding ortho intramolecular Hbond substituents is 1. The number of rotatable bonds is 3. The van der Waals surface area contributed by atoms with E-state index in [1.54, 1.807) is 36.5 Å². The molecule has 0 saturated heterocycles.